The molecule has 0 aromatic heterocycles. The molecule has 0 saturated carbocycles. The third kappa shape index (κ3) is 2.38. The molecule has 0 aliphatic carbocycles. The molecule has 1 aromatic rings. The number of morpholine rings is 1. The zero-order valence-corrected chi connectivity index (χ0v) is 10.6. The fourth-order valence-corrected chi connectivity index (χ4v) is 3.01. The van der Waals surface area contributed by atoms with Crippen molar-refractivity contribution in [3.05, 3.63) is 35.4 Å². The molecule has 2 aliphatic heterocycles. The van der Waals surface area contributed by atoms with Crippen LogP contribution in [-0.2, 0) is 4.74 Å². The Balaban J connectivity index is 1.78. The summed E-state index contributed by atoms with van der Waals surface area (Å²) in [7, 11) is 0. The molecule has 2 fully saturated rings. The van der Waals surface area contributed by atoms with Gasteiger partial charge in [0, 0.05) is 12.6 Å². The van der Waals surface area contributed by atoms with Crippen molar-refractivity contribution < 1.29 is 18.6 Å². The van der Waals surface area contributed by atoms with Crippen molar-refractivity contribution in [3.8, 4) is 0 Å². The van der Waals surface area contributed by atoms with E-state index in [1.54, 1.807) is 0 Å². The molecule has 104 valence electrons. The van der Waals surface area contributed by atoms with Gasteiger partial charge in [0.2, 0.25) is 0 Å². The second kappa shape index (κ2) is 5.15. The van der Waals surface area contributed by atoms with Crippen LogP contribution < -0.4 is 0 Å². The Kier molecular flexibility index (Phi) is 3.52. The van der Waals surface area contributed by atoms with Crippen molar-refractivity contribution in [1.29, 1.82) is 0 Å². The van der Waals surface area contributed by atoms with Crippen LogP contribution >= 0.6 is 0 Å². The van der Waals surface area contributed by atoms with E-state index in [2.05, 4.69) is 4.90 Å². The Labute approximate surface area is 110 Å². The highest BCUT2D eigenvalue weighted by Crippen LogP contribution is 2.30. The van der Waals surface area contributed by atoms with Crippen molar-refractivity contribution in [2.45, 2.75) is 31.1 Å². The molecule has 2 saturated heterocycles. The molecule has 0 amide bonds. The van der Waals surface area contributed by atoms with Gasteiger partial charge in [-0.05, 0) is 31.5 Å². The van der Waals surface area contributed by atoms with Crippen LogP contribution in [0.3, 0.4) is 0 Å². The van der Waals surface area contributed by atoms with Crippen LogP contribution in [-0.4, -0.2) is 41.8 Å². The van der Waals surface area contributed by atoms with Crippen LogP contribution in [0.5, 0.6) is 0 Å². The quantitative estimate of drug-likeness (QED) is 0.889. The molecule has 2 heterocycles. The first-order valence-corrected chi connectivity index (χ1v) is 6.64. The number of hydrogen-bond acceptors (Lipinski definition) is 3. The summed E-state index contributed by atoms with van der Waals surface area (Å²) < 4.78 is 32.9. The van der Waals surface area contributed by atoms with Gasteiger partial charge in [-0.15, -0.1) is 0 Å². The third-order valence-corrected chi connectivity index (χ3v) is 4.06. The molecule has 3 unspecified atom stereocenters. The lowest BCUT2D eigenvalue weighted by Crippen LogP contribution is -2.48. The Hall–Kier alpha value is -1.04. The number of fused-ring (bicyclic) bond motifs is 1. The number of hydrogen-bond donors (Lipinski definition) is 1. The lowest BCUT2D eigenvalue weighted by Gasteiger charge is -2.37. The zero-order valence-electron chi connectivity index (χ0n) is 10.6. The van der Waals surface area contributed by atoms with E-state index >= 15 is 0 Å². The van der Waals surface area contributed by atoms with Crippen molar-refractivity contribution >= 4 is 0 Å². The fourth-order valence-electron chi connectivity index (χ4n) is 3.01. The van der Waals surface area contributed by atoms with E-state index in [0.29, 0.717) is 19.2 Å². The molecule has 3 atom stereocenters. The number of aliphatic hydroxyl groups is 1. The van der Waals surface area contributed by atoms with E-state index in [4.69, 9.17) is 4.74 Å². The van der Waals surface area contributed by atoms with Crippen LogP contribution in [0.25, 0.3) is 0 Å². The second-order valence-corrected chi connectivity index (χ2v) is 5.24. The largest absolute Gasteiger partial charge is 0.385 e. The average Bonchev–Trinajstić information content (AvgIpc) is 2.85. The average molecular weight is 269 g/mol. The first-order chi connectivity index (χ1) is 9.16. The molecule has 3 nitrogen and oxygen atoms in total. The second-order valence-electron chi connectivity index (χ2n) is 5.24. The van der Waals surface area contributed by atoms with Gasteiger partial charge in [0.1, 0.15) is 23.8 Å². The molecule has 0 radical (unpaired) electrons. The van der Waals surface area contributed by atoms with E-state index < -0.39 is 23.8 Å². The van der Waals surface area contributed by atoms with Gasteiger partial charge < -0.3 is 9.84 Å². The predicted octanol–water partition coefficient (Wildman–Crippen LogP) is 1.86. The maximum Gasteiger partial charge on any atom is 0.132 e. The van der Waals surface area contributed by atoms with Gasteiger partial charge >= 0.3 is 0 Å². The number of ether oxygens (including phenoxy) is 1. The Morgan fingerprint density at radius 1 is 1.32 bits per heavy atom. The SMILES string of the molecule is OC(c1c(F)cccc1F)C1CN2CCCC2CO1. The maximum absolute atomic E-state index is 13.7. The number of rotatable bonds is 2. The maximum atomic E-state index is 13.7. The van der Waals surface area contributed by atoms with Crippen LogP contribution in [0.1, 0.15) is 24.5 Å². The molecule has 1 aromatic carbocycles. The highest BCUT2D eigenvalue weighted by atomic mass is 19.1. The summed E-state index contributed by atoms with van der Waals surface area (Å²) in [4.78, 5) is 2.23. The topological polar surface area (TPSA) is 32.7 Å². The van der Waals surface area contributed by atoms with Crippen molar-refractivity contribution in [2.24, 2.45) is 0 Å². The third-order valence-electron chi connectivity index (χ3n) is 4.06. The number of aliphatic hydroxyl groups excluding tert-OH is 1. The molecule has 2 aliphatic rings. The summed E-state index contributed by atoms with van der Waals surface area (Å²) in [5.74, 6) is -1.45. The first kappa shape index (κ1) is 13.0. The summed E-state index contributed by atoms with van der Waals surface area (Å²) in [6.07, 6.45) is 0.380. The van der Waals surface area contributed by atoms with Crippen molar-refractivity contribution in [2.75, 3.05) is 19.7 Å². The summed E-state index contributed by atoms with van der Waals surface area (Å²) in [5, 5.41) is 10.2. The van der Waals surface area contributed by atoms with E-state index in [0.717, 1.165) is 31.5 Å². The first-order valence-electron chi connectivity index (χ1n) is 6.64. The van der Waals surface area contributed by atoms with Crippen molar-refractivity contribution in [1.82, 2.24) is 4.90 Å². The van der Waals surface area contributed by atoms with Crippen LogP contribution in [0.2, 0.25) is 0 Å². The van der Waals surface area contributed by atoms with E-state index in [1.807, 2.05) is 0 Å². The molecule has 19 heavy (non-hydrogen) atoms. The van der Waals surface area contributed by atoms with Gasteiger partial charge in [0.25, 0.3) is 0 Å². The molecule has 1 N–H and O–H groups in total. The molecule has 0 bridgehead atoms. The standard InChI is InChI=1S/C14H17F2NO2/c15-10-4-1-5-11(16)13(10)14(18)12-7-17-6-2-3-9(17)8-19-12/h1,4-5,9,12,14,18H,2-3,6-8H2. The Bertz CT molecular complexity index is 449. The number of nitrogens with zero attached hydrogens (tertiary/aromatic N) is 1. The van der Waals surface area contributed by atoms with Gasteiger partial charge in [0.05, 0.1) is 12.2 Å². The monoisotopic (exact) mass is 269 g/mol. The smallest absolute Gasteiger partial charge is 0.132 e. The van der Waals surface area contributed by atoms with Gasteiger partial charge in [-0.2, -0.15) is 0 Å². The zero-order chi connectivity index (χ0) is 13.4. The van der Waals surface area contributed by atoms with E-state index in [-0.39, 0.29) is 5.56 Å². The Morgan fingerprint density at radius 2 is 2.05 bits per heavy atom. The summed E-state index contributed by atoms with van der Waals surface area (Å²) in [5.41, 5.74) is -0.287. The molecule has 5 heteroatoms. The van der Waals surface area contributed by atoms with Crippen LogP contribution in [0.4, 0.5) is 8.78 Å². The van der Waals surface area contributed by atoms with E-state index in [1.165, 1.54) is 6.07 Å². The van der Waals surface area contributed by atoms with Crippen LogP contribution in [0, 0.1) is 11.6 Å². The van der Waals surface area contributed by atoms with Gasteiger partial charge in [-0.3, -0.25) is 4.90 Å². The minimum atomic E-state index is -1.26. The minimum Gasteiger partial charge on any atom is -0.385 e. The fraction of sp³-hybridized carbons (Fsp3) is 0.571. The lowest BCUT2D eigenvalue weighted by molar-refractivity contribution is -0.105. The summed E-state index contributed by atoms with van der Waals surface area (Å²) >= 11 is 0. The number of halogens is 2. The molecule has 0 spiro atoms. The molecular weight excluding hydrogens is 252 g/mol. The summed E-state index contributed by atoms with van der Waals surface area (Å²) in [6, 6.07) is 4.00. The van der Waals surface area contributed by atoms with Gasteiger partial charge in [-0.25, -0.2) is 8.78 Å². The molecule has 3 rings (SSSR count). The minimum absolute atomic E-state index is 0.287. The highest BCUT2D eigenvalue weighted by molar-refractivity contribution is 5.23. The van der Waals surface area contributed by atoms with Gasteiger partial charge in [-0.1, -0.05) is 6.07 Å². The normalized spacial score (nSPS) is 29.2. The Morgan fingerprint density at radius 3 is 2.79 bits per heavy atom. The van der Waals surface area contributed by atoms with Crippen molar-refractivity contribution in [3.63, 3.8) is 0 Å². The van der Waals surface area contributed by atoms with E-state index in [9.17, 15) is 13.9 Å². The summed E-state index contributed by atoms with van der Waals surface area (Å²) in [6.45, 7) is 2.02. The highest BCUT2D eigenvalue weighted by Gasteiger charge is 2.37. The lowest BCUT2D eigenvalue weighted by atomic mass is 10.0. The predicted molar refractivity (Wildman–Crippen MR) is 65.7 cm³/mol. The molecular formula is C14H17F2NO2. The number of benzene rings is 1. The van der Waals surface area contributed by atoms with Crippen LogP contribution in [0.15, 0.2) is 18.2 Å². The van der Waals surface area contributed by atoms with Gasteiger partial charge in [0.15, 0.2) is 0 Å².